The van der Waals surface area contributed by atoms with Crippen LogP contribution in [0.1, 0.15) is 6.42 Å². The molecule has 72 valence electrons. The van der Waals surface area contributed by atoms with Gasteiger partial charge in [0.15, 0.2) is 9.84 Å². The normalized spacial score (nSPS) is 30.3. The van der Waals surface area contributed by atoms with Gasteiger partial charge in [0.2, 0.25) is 0 Å². The average Bonchev–Trinajstić information content (AvgIpc) is 2.34. The lowest BCUT2D eigenvalue weighted by molar-refractivity contribution is 0.190. The summed E-state index contributed by atoms with van der Waals surface area (Å²) in [5.74, 6) is 0.496. The number of aliphatic hydroxyl groups is 1. The van der Waals surface area contributed by atoms with Gasteiger partial charge in [0.1, 0.15) is 0 Å². The lowest BCUT2D eigenvalue weighted by atomic mass is 9.93. The average molecular weight is 193 g/mol. The molecular weight excluding hydrogens is 178 g/mol. The Labute approximate surface area is 72.7 Å². The zero-order valence-corrected chi connectivity index (χ0v) is 7.76. The second kappa shape index (κ2) is 3.72. The minimum absolute atomic E-state index is 0.00329. The Morgan fingerprint density at radius 1 is 1.58 bits per heavy atom. The first-order valence-corrected chi connectivity index (χ1v) is 5.92. The van der Waals surface area contributed by atoms with Crippen molar-refractivity contribution in [1.82, 2.24) is 0 Å². The Morgan fingerprint density at radius 2 is 2.25 bits per heavy atom. The molecule has 0 saturated carbocycles. The van der Waals surface area contributed by atoms with Gasteiger partial charge in [0.25, 0.3) is 0 Å². The lowest BCUT2D eigenvalue weighted by Crippen LogP contribution is -2.27. The van der Waals surface area contributed by atoms with Crippen molar-refractivity contribution >= 4 is 9.84 Å². The molecule has 5 heteroatoms. The standard InChI is InChI=1S/C7H15NO3S/c8-3-7(4-9)6-1-2-12(10,11)5-6/h6-7,9H,1-5,8H2. The largest absolute Gasteiger partial charge is 0.396 e. The summed E-state index contributed by atoms with van der Waals surface area (Å²) in [6.45, 7) is 0.368. The molecule has 2 unspecified atom stereocenters. The predicted octanol–water partition coefficient (Wildman–Crippen LogP) is -1.01. The second-order valence-corrected chi connectivity index (χ2v) is 5.57. The quantitative estimate of drug-likeness (QED) is 0.601. The number of hydrogen-bond acceptors (Lipinski definition) is 4. The molecule has 1 fully saturated rings. The number of rotatable bonds is 3. The Hall–Kier alpha value is -0.130. The number of aliphatic hydroxyl groups excluding tert-OH is 1. The molecule has 0 aromatic rings. The highest BCUT2D eigenvalue weighted by Gasteiger charge is 2.32. The van der Waals surface area contributed by atoms with Gasteiger partial charge in [-0.3, -0.25) is 0 Å². The molecule has 1 aliphatic heterocycles. The van der Waals surface area contributed by atoms with E-state index in [-0.39, 0.29) is 29.9 Å². The van der Waals surface area contributed by atoms with Crippen molar-refractivity contribution in [2.45, 2.75) is 6.42 Å². The third-order valence-electron chi connectivity index (χ3n) is 2.47. The highest BCUT2D eigenvalue weighted by molar-refractivity contribution is 7.91. The fourth-order valence-electron chi connectivity index (χ4n) is 1.61. The van der Waals surface area contributed by atoms with Crippen LogP contribution in [0.5, 0.6) is 0 Å². The first-order chi connectivity index (χ1) is 5.59. The van der Waals surface area contributed by atoms with Crippen molar-refractivity contribution < 1.29 is 13.5 Å². The Morgan fingerprint density at radius 3 is 2.58 bits per heavy atom. The molecule has 12 heavy (non-hydrogen) atoms. The first-order valence-electron chi connectivity index (χ1n) is 4.10. The monoisotopic (exact) mass is 193 g/mol. The van der Waals surface area contributed by atoms with E-state index in [2.05, 4.69) is 0 Å². The maximum absolute atomic E-state index is 11.1. The van der Waals surface area contributed by atoms with Gasteiger partial charge in [0, 0.05) is 6.61 Å². The van der Waals surface area contributed by atoms with Crippen LogP contribution in [0.2, 0.25) is 0 Å². The number of hydrogen-bond donors (Lipinski definition) is 2. The van der Waals surface area contributed by atoms with Crippen LogP contribution in [0, 0.1) is 11.8 Å². The summed E-state index contributed by atoms with van der Waals surface area (Å²) in [4.78, 5) is 0. The van der Waals surface area contributed by atoms with Crippen LogP contribution >= 0.6 is 0 Å². The summed E-state index contributed by atoms with van der Waals surface area (Å²) >= 11 is 0. The minimum Gasteiger partial charge on any atom is -0.396 e. The minimum atomic E-state index is -2.83. The van der Waals surface area contributed by atoms with E-state index < -0.39 is 9.84 Å². The fraction of sp³-hybridized carbons (Fsp3) is 1.00. The Bertz CT molecular complexity index is 233. The van der Waals surface area contributed by atoms with Crippen LogP contribution < -0.4 is 5.73 Å². The third kappa shape index (κ3) is 2.18. The van der Waals surface area contributed by atoms with E-state index >= 15 is 0 Å². The molecule has 0 aromatic carbocycles. The molecule has 0 bridgehead atoms. The molecule has 1 saturated heterocycles. The van der Waals surface area contributed by atoms with Crippen LogP contribution in [0.4, 0.5) is 0 Å². The number of sulfone groups is 1. The highest BCUT2D eigenvalue weighted by atomic mass is 32.2. The first kappa shape index (κ1) is 9.95. The maximum atomic E-state index is 11.1. The van der Waals surface area contributed by atoms with Gasteiger partial charge in [-0.25, -0.2) is 8.42 Å². The number of nitrogens with two attached hydrogens (primary N) is 1. The van der Waals surface area contributed by atoms with E-state index in [1.165, 1.54) is 0 Å². The van der Waals surface area contributed by atoms with Crippen LogP contribution in [0.3, 0.4) is 0 Å². The second-order valence-electron chi connectivity index (χ2n) is 3.34. The topological polar surface area (TPSA) is 80.4 Å². The van der Waals surface area contributed by atoms with Crippen LogP contribution in [0.15, 0.2) is 0 Å². The molecule has 1 heterocycles. The van der Waals surface area contributed by atoms with E-state index in [0.29, 0.717) is 13.0 Å². The van der Waals surface area contributed by atoms with E-state index in [1.807, 2.05) is 0 Å². The molecule has 4 nitrogen and oxygen atoms in total. The smallest absolute Gasteiger partial charge is 0.150 e. The lowest BCUT2D eigenvalue weighted by Gasteiger charge is -2.17. The third-order valence-corrected chi connectivity index (χ3v) is 4.27. The van der Waals surface area contributed by atoms with Crippen molar-refractivity contribution in [3.8, 4) is 0 Å². The molecule has 3 N–H and O–H groups in total. The zero-order valence-electron chi connectivity index (χ0n) is 6.94. The van der Waals surface area contributed by atoms with Crippen molar-refractivity contribution in [2.75, 3.05) is 24.7 Å². The van der Waals surface area contributed by atoms with Crippen molar-refractivity contribution in [3.05, 3.63) is 0 Å². The maximum Gasteiger partial charge on any atom is 0.150 e. The van der Waals surface area contributed by atoms with Gasteiger partial charge in [-0.05, 0) is 24.8 Å². The van der Waals surface area contributed by atoms with Crippen LogP contribution in [-0.2, 0) is 9.84 Å². The molecule has 0 radical (unpaired) electrons. The SMILES string of the molecule is NCC(CO)C1CCS(=O)(=O)C1. The van der Waals surface area contributed by atoms with Gasteiger partial charge < -0.3 is 10.8 Å². The van der Waals surface area contributed by atoms with Gasteiger partial charge in [-0.15, -0.1) is 0 Å². The molecular formula is C7H15NO3S. The predicted molar refractivity (Wildman–Crippen MR) is 46.4 cm³/mol. The van der Waals surface area contributed by atoms with Crippen LogP contribution in [0.25, 0.3) is 0 Å². The summed E-state index contributed by atoms with van der Waals surface area (Å²) in [6, 6.07) is 0. The summed E-state index contributed by atoms with van der Waals surface area (Å²) in [5, 5.41) is 8.88. The van der Waals surface area contributed by atoms with E-state index in [1.54, 1.807) is 0 Å². The van der Waals surface area contributed by atoms with Gasteiger partial charge >= 0.3 is 0 Å². The molecule has 2 atom stereocenters. The summed E-state index contributed by atoms with van der Waals surface area (Å²) in [7, 11) is -2.83. The summed E-state index contributed by atoms with van der Waals surface area (Å²) < 4.78 is 22.1. The van der Waals surface area contributed by atoms with E-state index in [4.69, 9.17) is 10.8 Å². The molecule has 1 rings (SSSR count). The summed E-state index contributed by atoms with van der Waals surface area (Å²) in [5.41, 5.74) is 5.40. The van der Waals surface area contributed by atoms with Gasteiger partial charge in [-0.1, -0.05) is 0 Å². The van der Waals surface area contributed by atoms with Crippen molar-refractivity contribution in [1.29, 1.82) is 0 Å². The summed E-state index contributed by atoms with van der Waals surface area (Å²) in [6.07, 6.45) is 0.658. The molecule has 0 aliphatic carbocycles. The highest BCUT2D eigenvalue weighted by Crippen LogP contribution is 2.24. The molecule has 0 aromatic heterocycles. The Balaban J connectivity index is 2.56. The van der Waals surface area contributed by atoms with Gasteiger partial charge in [0.05, 0.1) is 11.5 Å². The van der Waals surface area contributed by atoms with Gasteiger partial charge in [-0.2, -0.15) is 0 Å². The van der Waals surface area contributed by atoms with Crippen molar-refractivity contribution in [2.24, 2.45) is 17.6 Å². The fourth-order valence-corrected chi connectivity index (χ4v) is 3.53. The molecule has 0 spiro atoms. The van der Waals surface area contributed by atoms with Crippen LogP contribution in [-0.4, -0.2) is 38.2 Å². The zero-order chi connectivity index (χ0) is 9.19. The molecule has 1 aliphatic rings. The Kier molecular flexibility index (Phi) is 3.09. The molecule has 0 amide bonds. The van der Waals surface area contributed by atoms with E-state index in [0.717, 1.165) is 0 Å². The van der Waals surface area contributed by atoms with E-state index in [9.17, 15) is 8.42 Å². The van der Waals surface area contributed by atoms with Crippen molar-refractivity contribution in [3.63, 3.8) is 0 Å².